The van der Waals surface area contributed by atoms with Crippen LogP contribution >= 0.6 is 19.2 Å². The Balaban J connectivity index is 2.23. The predicted molar refractivity (Wildman–Crippen MR) is 122 cm³/mol. The summed E-state index contributed by atoms with van der Waals surface area (Å²) in [4.78, 5) is 0. The maximum Gasteiger partial charge on any atom is 0.333 e. The fraction of sp³-hybridized carbons (Fsp3) is 1.00. The predicted octanol–water partition coefficient (Wildman–Crippen LogP) is 6.73. The van der Waals surface area contributed by atoms with Gasteiger partial charge in [-0.15, -0.1) is 11.6 Å². The number of aliphatic hydroxyl groups excluding tert-OH is 1. The molecule has 0 spiro atoms. The van der Waals surface area contributed by atoms with E-state index in [1.165, 1.54) is 12.8 Å². The zero-order valence-corrected chi connectivity index (χ0v) is 21.0. The second-order valence-electron chi connectivity index (χ2n) is 10.5. The first kappa shape index (κ1) is 25.7. The SMILES string of the molecule is CC(C)[C@H]1CC[C@@H](C)C[C@H]1OP(=O)(C[C@H](O)CCl)O[C@@H]1C[C@@H](C)CC[C@H]1C(C)C. The first-order valence-corrected chi connectivity index (χ1v) is 14.0. The first-order valence-electron chi connectivity index (χ1n) is 11.7. The van der Waals surface area contributed by atoms with Crippen LogP contribution in [0.2, 0.25) is 0 Å². The van der Waals surface area contributed by atoms with Gasteiger partial charge in [0.1, 0.15) is 0 Å². The molecule has 8 atom stereocenters. The van der Waals surface area contributed by atoms with E-state index in [0.717, 1.165) is 25.7 Å². The number of rotatable bonds is 9. The molecule has 29 heavy (non-hydrogen) atoms. The second-order valence-corrected chi connectivity index (χ2v) is 12.9. The summed E-state index contributed by atoms with van der Waals surface area (Å²) in [6, 6.07) is 0. The molecular weight excluding hydrogens is 407 g/mol. The third-order valence-electron chi connectivity index (χ3n) is 7.13. The van der Waals surface area contributed by atoms with Gasteiger partial charge in [-0.05, 0) is 61.2 Å². The highest BCUT2D eigenvalue weighted by atomic mass is 35.5. The van der Waals surface area contributed by atoms with E-state index in [0.29, 0.717) is 35.5 Å². The van der Waals surface area contributed by atoms with Crippen molar-refractivity contribution in [2.24, 2.45) is 35.5 Å². The van der Waals surface area contributed by atoms with Crippen molar-refractivity contribution in [3.63, 3.8) is 0 Å². The quantitative estimate of drug-likeness (QED) is 0.312. The summed E-state index contributed by atoms with van der Waals surface area (Å²) < 4.78 is 26.8. The Morgan fingerprint density at radius 3 is 1.66 bits per heavy atom. The van der Waals surface area contributed by atoms with E-state index in [9.17, 15) is 9.67 Å². The first-order chi connectivity index (χ1) is 13.5. The molecule has 0 aromatic carbocycles. The van der Waals surface area contributed by atoms with Crippen LogP contribution in [-0.4, -0.2) is 35.5 Å². The number of hydrogen-bond acceptors (Lipinski definition) is 4. The van der Waals surface area contributed by atoms with Crippen molar-refractivity contribution in [3.8, 4) is 0 Å². The third kappa shape index (κ3) is 7.49. The smallest absolute Gasteiger partial charge is 0.333 e. The van der Waals surface area contributed by atoms with E-state index in [-0.39, 0.29) is 24.2 Å². The van der Waals surface area contributed by atoms with Crippen LogP contribution in [0.4, 0.5) is 0 Å². The highest BCUT2D eigenvalue weighted by molar-refractivity contribution is 7.53. The van der Waals surface area contributed by atoms with Crippen molar-refractivity contribution in [2.45, 2.75) is 98.4 Å². The fourth-order valence-corrected chi connectivity index (χ4v) is 7.74. The molecule has 0 aromatic heterocycles. The van der Waals surface area contributed by atoms with Gasteiger partial charge in [-0.25, -0.2) is 0 Å². The van der Waals surface area contributed by atoms with E-state index in [2.05, 4.69) is 41.5 Å². The Kier molecular flexibility index (Phi) is 10.0. The molecule has 0 radical (unpaired) electrons. The minimum absolute atomic E-state index is 0.0120. The average Bonchev–Trinajstić information content (AvgIpc) is 2.60. The Bertz CT molecular complexity index is 503. The van der Waals surface area contributed by atoms with E-state index < -0.39 is 13.7 Å². The Labute approximate surface area is 184 Å². The summed E-state index contributed by atoms with van der Waals surface area (Å²) in [6.07, 6.45) is 5.33. The van der Waals surface area contributed by atoms with Gasteiger partial charge in [0.2, 0.25) is 0 Å². The lowest BCUT2D eigenvalue weighted by atomic mass is 9.75. The van der Waals surface area contributed by atoms with Gasteiger partial charge in [-0.1, -0.05) is 54.4 Å². The minimum Gasteiger partial charge on any atom is -0.391 e. The van der Waals surface area contributed by atoms with Crippen LogP contribution in [0.3, 0.4) is 0 Å². The van der Waals surface area contributed by atoms with Crippen molar-refractivity contribution in [1.82, 2.24) is 0 Å². The zero-order chi connectivity index (χ0) is 21.8. The molecule has 2 rings (SSSR count). The second kappa shape index (κ2) is 11.3. The average molecular weight is 451 g/mol. The van der Waals surface area contributed by atoms with Gasteiger partial charge in [-0.3, -0.25) is 4.57 Å². The van der Waals surface area contributed by atoms with Gasteiger partial charge in [0, 0.05) is 5.88 Å². The van der Waals surface area contributed by atoms with Gasteiger partial charge in [0.05, 0.1) is 24.5 Å². The summed E-state index contributed by atoms with van der Waals surface area (Å²) in [6.45, 7) is 13.3. The standard InChI is InChI=1S/C23H44ClO4P/c1-15(2)20-9-7-17(5)11-22(20)27-29(26,14-19(25)13-24)28-23-12-18(6)8-10-21(23)16(3)4/h15-23,25H,7-14H2,1-6H3/t17-,18+,19-,20-,21+,22-,23-,29?/m1/s1. The molecule has 6 heteroatoms. The van der Waals surface area contributed by atoms with Crippen LogP contribution in [0, 0.1) is 35.5 Å². The van der Waals surface area contributed by atoms with Crippen molar-refractivity contribution in [1.29, 1.82) is 0 Å². The highest BCUT2D eigenvalue weighted by Gasteiger charge is 2.42. The third-order valence-corrected chi connectivity index (χ3v) is 9.54. The molecule has 0 aliphatic heterocycles. The van der Waals surface area contributed by atoms with E-state index >= 15 is 0 Å². The topological polar surface area (TPSA) is 55.8 Å². The van der Waals surface area contributed by atoms with Crippen molar-refractivity contribution >= 4 is 19.2 Å². The maximum atomic E-state index is 14.0. The molecule has 1 unspecified atom stereocenters. The molecule has 2 fully saturated rings. The van der Waals surface area contributed by atoms with Gasteiger partial charge in [-0.2, -0.15) is 0 Å². The van der Waals surface area contributed by atoms with Crippen LogP contribution in [0.1, 0.15) is 80.1 Å². The maximum absolute atomic E-state index is 14.0. The van der Waals surface area contributed by atoms with E-state index in [1.54, 1.807) is 0 Å². The molecule has 0 bridgehead atoms. The molecule has 2 aliphatic rings. The molecule has 0 aromatic rings. The number of alkyl halides is 1. The molecule has 1 N–H and O–H groups in total. The van der Waals surface area contributed by atoms with E-state index in [4.69, 9.17) is 20.6 Å². The van der Waals surface area contributed by atoms with Crippen molar-refractivity contribution < 1.29 is 18.7 Å². The Morgan fingerprint density at radius 2 is 1.31 bits per heavy atom. The molecular formula is C23H44ClO4P. The summed E-state index contributed by atoms with van der Waals surface area (Å²) in [5.74, 6) is 2.85. The fourth-order valence-electron chi connectivity index (χ4n) is 5.30. The minimum atomic E-state index is -3.47. The summed E-state index contributed by atoms with van der Waals surface area (Å²) >= 11 is 5.87. The number of hydrogen-bond donors (Lipinski definition) is 1. The number of aliphatic hydroxyl groups is 1. The summed E-state index contributed by atoms with van der Waals surface area (Å²) in [5, 5.41) is 10.2. The van der Waals surface area contributed by atoms with Gasteiger partial charge in [0.15, 0.2) is 0 Å². The van der Waals surface area contributed by atoms with Gasteiger partial charge < -0.3 is 14.2 Å². The summed E-state index contributed by atoms with van der Waals surface area (Å²) in [7, 11) is -3.47. The normalized spacial score (nSPS) is 36.9. The zero-order valence-electron chi connectivity index (χ0n) is 19.4. The molecule has 0 saturated heterocycles. The van der Waals surface area contributed by atoms with Crippen LogP contribution in [0.15, 0.2) is 0 Å². The highest BCUT2D eigenvalue weighted by Crippen LogP contribution is 2.56. The molecule has 2 aliphatic carbocycles. The monoisotopic (exact) mass is 450 g/mol. The van der Waals surface area contributed by atoms with Crippen molar-refractivity contribution in [2.75, 3.05) is 12.0 Å². The molecule has 0 heterocycles. The lowest BCUT2D eigenvalue weighted by Crippen LogP contribution is -2.37. The van der Waals surface area contributed by atoms with Crippen LogP contribution in [0.5, 0.6) is 0 Å². The Hall–Kier alpha value is 0.400. The largest absolute Gasteiger partial charge is 0.391 e. The van der Waals surface area contributed by atoms with E-state index in [1.807, 2.05) is 0 Å². The molecule has 172 valence electrons. The molecule has 4 nitrogen and oxygen atoms in total. The van der Waals surface area contributed by atoms with Gasteiger partial charge >= 0.3 is 7.60 Å². The Morgan fingerprint density at radius 1 is 0.897 bits per heavy atom. The van der Waals surface area contributed by atoms with Crippen LogP contribution in [0.25, 0.3) is 0 Å². The summed E-state index contributed by atoms with van der Waals surface area (Å²) in [5.41, 5.74) is 0. The molecule has 2 saturated carbocycles. The van der Waals surface area contributed by atoms with Gasteiger partial charge in [0.25, 0.3) is 0 Å². The number of halogens is 1. The van der Waals surface area contributed by atoms with Crippen molar-refractivity contribution in [3.05, 3.63) is 0 Å². The molecule has 0 amide bonds. The van der Waals surface area contributed by atoms with Crippen LogP contribution in [-0.2, 0) is 13.6 Å². The lowest BCUT2D eigenvalue weighted by Gasteiger charge is -2.42. The lowest BCUT2D eigenvalue weighted by molar-refractivity contribution is -0.00535. The van der Waals surface area contributed by atoms with Crippen LogP contribution < -0.4 is 0 Å².